The first kappa shape index (κ1) is 35.7. The second-order valence-electron chi connectivity index (χ2n) is 12.1. The van der Waals surface area contributed by atoms with E-state index in [4.69, 9.17) is 0 Å². The molecule has 0 aromatic carbocycles. The average molecular weight is 527 g/mol. The topological polar surface area (TPSA) is 91.7 Å². The molecule has 2 N–H and O–H groups in total. The van der Waals surface area contributed by atoms with Gasteiger partial charge in [0.05, 0.1) is 27.6 Å². The van der Waals surface area contributed by atoms with Crippen molar-refractivity contribution < 1.29 is 29.1 Å². The highest BCUT2D eigenvalue weighted by atomic mass is 16.4. The van der Waals surface area contributed by atoms with E-state index in [0.29, 0.717) is 12.8 Å². The minimum Gasteiger partial charge on any atom is -0.481 e. The summed E-state index contributed by atoms with van der Waals surface area (Å²) in [6.45, 7) is 4.42. The van der Waals surface area contributed by atoms with Crippen LogP contribution in [0.15, 0.2) is 0 Å². The number of aliphatic hydroxyl groups is 1. The van der Waals surface area contributed by atoms with E-state index in [2.05, 4.69) is 13.8 Å². The Balaban J connectivity index is 4.89. The molecular formula is C31H60NO5+. The number of carbonyl (C=O) groups is 3. The van der Waals surface area contributed by atoms with Crippen LogP contribution in [0, 0.1) is 0 Å². The highest BCUT2D eigenvalue weighted by molar-refractivity contribution is 5.98. The van der Waals surface area contributed by atoms with Gasteiger partial charge in [0.2, 0.25) is 0 Å². The molecule has 0 spiro atoms. The van der Waals surface area contributed by atoms with Crippen molar-refractivity contribution >= 4 is 17.5 Å². The number of carbonyl (C=O) groups excluding carboxylic acids is 2. The summed E-state index contributed by atoms with van der Waals surface area (Å²) in [5.41, 5.74) is -2.18. The predicted octanol–water partition coefficient (Wildman–Crippen LogP) is 7.25. The van der Waals surface area contributed by atoms with E-state index in [1.54, 1.807) is 21.1 Å². The van der Waals surface area contributed by atoms with E-state index in [9.17, 15) is 24.6 Å². The van der Waals surface area contributed by atoms with Crippen LogP contribution in [0.5, 0.6) is 0 Å². The standard InChI is InChI=1S/C31H59NO5/c1-6-8-10-12-14-16-18-20-22-24-27(33)30(32(3,4)5)31(37,26-29(35)36)28(34)25-23-21-19-17-15-13-11-9-7-2/h30,37H,6-26H2,1-5H3/p+1. The number of likely N-dealkylation sites (N-methyl/N-ethyl adjacent to an activating group) is 1. The number of rotatable bonds is 26. The van der Waals surface area contributed by atoms with E-state index in [1.807, 2.05) is 0 Å². The lowest BCUT2D eigenvalue weighted by Crippen LogP contribution is -2.66. The molecule has 0 aliphatic heterocycles. The molecule has 0 heterocycles. The Morgan fingerprint density at radius 1 is 0.622 bits per heavy atom. The molecule has 0 fully saturated rings. The number of Topliss-reactive ketones (excluding diaryl/α,β-unsaturated/α-hetero) is 2. The van der Waals surface area contributed by atoms with Crippen molar-refractivity contribution in [3.8, 4) is 0 Å². The predicted molar refractivity (Wildman–Crippen MR) is 153 cm³/mol. The van der Waals surface area contributed by atoms with Crippen molar-refractivity contribution in [1.29, 1.82) is 0 Å². The average Bonchev–Trinajstić information content (AvgIpc) is 2.80. The van der Waals surface area contributed by atoms with Gasteiger partial charge in [-0.15, -0.1) is 0 Å². The van der Waals surface area contributed by atoms with Crippen LogP contribution >= 0.6 is 0 Å². The van der Waals surface area contributed by atoms with Gasteiger partial charge in [-0.1, -0.05) is 117 Å². The fraction of sp³-hybridized carbons (Fsp3) is 0.903. The summed E-state index contributed by atoms with van der Waals surface area (Å²) < 4.78 is 0.0313. The number of nitrogens with zero attached hydrogens (tertiary/aromatic N) is 1. The van der Waals surface area contributed by atoms with Gasteiger partial charge in [0, 0.05) is 12.8 Å². The van der Waals surface area contributed by atoms with E-state index < -0.39 is 29.8 Å². The van der Waals surface area contributed by atoms with Crippen molar-refractivity contribution in [2.75, 3.05) is 21.1 Å². The van der Waals surface area contributed by atoms with Gasteiger partial charge in [-0.05, 0) is 12.8 Å². The zero-order valence-corrected chi connectivity index (χ0v) is 25.0. The van der Waals surface area contributed by atoms with Crippen molar-refractivity contribution in [3.05, 3.63) is 0 Å². The number of carboxylic acid groups (broad SMARTS) is 1. The van der Waals surface area contributed by atoms with Gasteiger partial charge in [0.1, 0.15) is 0 Å². The second kappa shape index (κ2) is 20.7. The molecule has 2 unspecified atom stereocenters. The van der Waals surface area contributed by atoms with Gasteiger partial charge in [0.25, 0.3) is 0 Å². The molecule has 0 aromatic heterocycles. The van der Waals surface area contributed by atoms with E-state index >= 15 is 0 Å². The summed E-state index contributed by atoms with van der Waals surface area (Å²) in [4.78, 5) is 38.3. The number of quaternary nitrogens is 1. The van der Waals surface area contributed by atoms with E-state index in [0.717, 1.165) is 38.5 Å². The van der Waals surface area contributed by atoms with Crippen molar-refractivity contribution in [3.63, 3.8) is 0 Å². The number of ketones is 2. The van der Waals surface area contributed by atoms with Crippen LogP contribution in [0.1, 0.15) is 149 Å². The summed E-state index contributed by atoms with van der Waals surface area (Å²) in [5.74, 6) is -1.96. The molecule has 6 heteroatoms. The Morgan fingerprint density at radius 2 is 0.973 bits per heavy atom. The molecule has 6 nitrogen and oxygen atoms in total. The van der Waals surface area contributed by atoms with Crippen molar-refractivity contribution in [2.24, 2.45) is 0 Å². The molecule has 0 rings (SSSR count). The number of hydrogen-bond donors (Lipinski definition) is 2. The second-order valence-corrected chi connectivity index (χ2v) is 12.1. The molecule has 0 aliphatic rings. The molecule has 0 radical (unpaired) electrons. The largest absolute Gasteiger partial charge is 0.481 e. The Morgan fingerprint density at radius 3 is 1.32 bits per heavy atom. The molecule has 218 valence electrons. The van der Waals surface area contributed by atoms with Crippen LogP contribution in [0.4, 0.5) is 0 Å². The minimum absolute atomic E-state index is 0.0313. The zero-order chi connectivity index (χ0) is 28.2. The van der Waals surface area contributed by atoms with E-state index in [-0.39, 0.29) is 23.1 Å². The minimum atomic E-state index is -2.18. The zero-order valence-electron chi connectivity index (χ0n) is 25.0. The van der Waals surface area contributed by atoms with Crippen LogP contribution in [0.25, 0.3) is 0 Å². The molecule has 2 atom stereocenters. The molecule has 0 saturated heterocycles. The summed E-state index contributed by atoms with van der Waals surface area (Å²) in [6, 6.07) is -1.08. The third-order valence-electron chi connectivity index (χ3n) is 7.47. The lowest BCUT2D eigenvalue weighted by molar-refractivity contribution is -0.892. The van der Waals surface area contributed by atoms with Gasteiger partial charge in [-0.3, -0.25) is 14.4 Å². The van der Waals surface area contributed by atoms with Gasteiger partial charge in [0.15, 0.2) is 23.2 Å². The lowest BCUT2D eigenvalue weighted by atomic mass is 9.79. The van der Waals surface area contributed by atoms with Gasteiger partial charge in [-0.25, -0.2) is 0 Å². The fourth-order valence-corrected chi connectivity index (χ4v) is 5.48. The van der Waals surface area contributed by atoms with Gasteiger partial charge < -0.3 is 14.7 Å². The monoisotopic (exact) mass is 526 g/mol. The first-order chi connectivity index (χ1) is 17.5. The molecule has 0 bridgehead atoms. The van der Waals surface area contributed by atoms with Crippen LogP contribution in [-0.2, 0) is 14.4 Å². The summed E-state index contributed by atoms with van der Waals surface area (Å²) in [6.07, 6.45) is 19.7. The summed E-state index contributed by atoms with van der Waals surface area (Å²) in [5, 5.41) is 21.1. The third-order valence-corrected chi connectivity index (χ3v) is 7.47. The van der Waals surface area contributed by atoms with Crippen molar-refractivity contribution in [2.45, 2.75) is 160 Å². The highest BCUT2D eigenvalue weighted by Crippen LogP contribution is 2.29. The normalized spacial score (nSPS) is 14.3. The first-order valence-electron chi connectivity index (χ1n) is 15.3. The molecule has 0 aromatic rings. The molecule has 0 amide bonds. The maximum atomic E-state index is 13.3. The summed E-state index contributed by atoms with van der Waals surface area (Å²) >= 11 is 0. The molecule has 37 heavy (non-hydrogen) atoms. The number of aliphatic carboxylic acids is 1. The highest BCUT2D eigenvalue weighted by Gasteiger charge is 2.54. The third kappa shape index (κ3) is 16.3. The Labute approximate surface area is 228 Å². The maximum absolute atomic E-state index is 13.3. The lowest BCUT2D eigenvalue weighted by Gasteiger charge is -2.42. The van der Waals surface area contributed by atoms with Gasteiger partial charge >= 0.3 is 5.97 Å². The van der Waals surface area contributed by atoms with Crippen LogP contribution < -0.4 is 0 Å². The Bertz CT molecular complexity index is 628. The SMILES string of the molecule is CCCCCCCCCCCC(=O)C(C(O)(CC(=O)O)C(=O)CCCCCCCCCCC)[N+](C)(C)C. The van der Waals surface area contributed by atoms with Crippen molar-refractivity contribution in [1.82, 2.24) is 0 Å². The number of carboxylic acids is 1. The first-order valence-corrected chi connectivity index (χ1v) is 15.3. The Kier molecular flexibility index (Phi) is 20.0. The Hall–Kier alpha value is -1.27. The molecule has 0 aliphatic carbocycles. The van der Waals surface area contributed by atoms with Crippen LogP contribution in [-0.4, -0.2) is 65.0 Å². The van der Waals surface area contributed by atoms with Gasteiger partial charge in [-0.2, -0.15) is 0 Å². The number of hydrogen-bond acceptors (Lipinski definition) is 4. The fourth-order valence-electron chi connectivity index (χ4n) is 5.48. The maximum Gasteiger partial charge on any atom is 0.307 e. The van der Waals surface area contributed by atoms with Crippen LogP contribution in [0.2, 0.25) is 0 Å². The number of unbranched alkanes of at least 4 members (excludes halogenated alkanes) is 16. The molecule has 0 saturated carbocycles. The van der Waals surface area contributed by atoms with Crippen LogP contribution in [0.3, 0.4) is 0 Å². The quantitative estimate of drug-likeness (QED) is 0.0915. The van der Waals surface area contributed by atoms with E-state index in [1.165, 1.54) is 64.2 Å². The smallest absolute Gasteiger partial charge is 0.307 e. The summed E-state index contributed by atoms with van der Waals surface area (Å²) in [7, 11) is 5.28. The molecular weight excluding hydrogens is 466 g/mol.